The Morgan fingerprint density at radius 1 is 1.44 bits per heavy atom. The van der Waals surface area contributed by atoms with Crippen molar-refractivity contribution in [2.24, 2.45) is 0 Å². The zero-order chi connectivity index (χ0) is 11.4. The van der Waals surface area contributed by atoms with Crippen LogP contribution in [0.5, 0.6) is 0 Å². The van der Waals surface area contributed by atoms with E-state index in [1.165, 1.54) is 0 Å². The predicted octanol–water partition coefficient (Wildman–Crippen LogP) is 1.64. The molecule has 1 aromatic carbocycles. The van der Waals surface area contributed by atoms with E-state index in [1.54, 1.807) is 47.4 Å². The first-order valence-corrected chi connectivity index (χ1v) is 4.80. The minimum atomic E-state index is -0.0548. The average molecular weight is 211 g/mol. The SMILES string of the molecule is N#Cc1cccc(C(=O)Cn2cccn2)c1. The van der Waals surface area contributed by atoms with Gasteiger partial charge in [-0.05, 0) is 18.2 Å². The molecule has 0 unspecified atom stereocenters. The summed E-state index contributed by atoms with van der Waals surface area (Å²) in [6, 6.07) is 10.4. The molecule has 0 bridgehead atoms. The molecule has 0 atom stereocenters. The molecule has 78 valence electrons. The summed E-state index contributed by atoms with van der Waals surface area (Å²) in [6.07, 6.45) is 3.35. The van der Waals surface area contributed by atoms with Gasteiger partial charge < -0.3 is 0 Å². The first kappa shape index (κ1) is 10.1. The van der Waals surface area contributed by atoms with Gasteiger partial charge in [0.15, 0.2) is 5.78 Å². The molecular formula is C12H9N3O. The van der Waals surface area contributed by atoms with Crippen LogP contribution in [0.3, 0.4) is 0 Å². The zero-order valence-electron chi connectivity index (χ0n) is 8.50. The van der Waals surface area contributed by atoms with Crippen LogP contribution in [0.1, 0.15) is 15.9 Å². The maximum Gasteiger partial charge on any atom is 0.184 e. The number of carbonyl (C=O) groups excluding carboxylic acids is 1. The van der Waals surface area contributed by atoms with Crippen LogP contribution in [0.4, 0.5) is 0 Å². The molecule has 0 spiro atoms. The van der Waals surface area contributed by atoms with Crippen LogP contribution >= 0.6 is 0 Å². The molecule has 0 N–H and O–H groups in total. The van der Waals surface area contributed by atoms with Crippen LogP contribution < -0.4 is 0 Å². The van der Waals surface area contributed by atoms with Crippen LogP contribution in [-0.4, -0.2) is 15.6 Å². The van der Waals surface area contributed by atoms with Gasteiger partial charge in [0.05, 0.1) is 11.6 Å². The summed E-state index contributed by atoms with van der Waals surface area (Å²) >= 11 is 0. The lowest BCUT2D eigenvalue weighted by atomic mass is 10.1. The maximum atomic E-state index is 11.8. The summed E-state index contributed by atoms with van der Waals surface area (Å²) in [5.41, 5.74) is 1.03. The van der Waals surface area contributed by atoms with Crippen molar-refractivity contribution >= 4 is 5.78 Å². The fraction of sp³-hybridized carbons (Fsp3) is 0.0833. The number of hydrogen-bond acceptors (Lipinski definition) is 3. The van der Waals surface area contributed by atoms with E-state index in [4.69, 9.17) is 5.26 Å². The lowest BCUT2D eigenvalue weighted by Crippen LogP contribution is -2.10. The molecule has 4 heteroatoms. The van der Waals surface area contributed by atoms with Crippen LogP contribution in [-0.2, 0) is 6.54 Å². The largest absolute Gasteiger partial charge is 0.292 e. The number of carbonyl (C=O) groups is 1. The lowest BCUT2D eigenvalue weighted by Gasteiger charge is -2.01. The smallest absolute Gasteiger partial charge is 0.184 e. The van der Waals surface area contributed by atoms with Gasteiger partial charge in [0.1, 0.15) is 6.54 Å². The van der Waals surface area contributed by atoms with Crippen molar-refractivity contribution in [2.75, 3.05) is 0 Å². The van der Waals surface area contributed by atoms with Crippen molar-refractivity contribution in [2.45, 2.75) is 6.54 Å². The average Bonchev–Trinajstić information content (AvgIpc) is 2.82. The molecule has 2 rings (SSSR count). The van der Waals surface area contributed by atoms with Gasteiger partial charge in [-0.1, -0.05) is 12.1 Å². The summed E-state index contributed by atoms with van der Waals surface area (Å²) in [6.45, 7) is 0.196. The number of nitriles is 1. The van der Waals surface area contributed by atoms with Crippen molar-refractivity contribution < 1.29 is 4.79 Å². The lowest BCUT2D eigenvalue weighted by molar-refractivity contribution is 0.0967. The minimum Gasteiger partial charge on any atom is -0.292 e. The maximum absolute atomic E-state index is 11.8. The topological polar surface area (TPSA) is 58.7 Å². The van der Waals surface area contributed by atoms with Gasteiger partial charge in [0, 0.05) is 18.0 Å². The van der Waals surface area contributed by atoms with E-state index in [0.29, 0.717) is 11.1 Å². The van der Waals surface area contributed by atoms with Crippen LogP contribution in [0, 0.1) is 11.3 Å². The monoisotopic (exact) mass is 211 g/mol. The van der Waals surface area contributed by atoms with E-state index in [0.717, 1.165) is 0 Å². The number of ketones is 1. The molecule has 0 aliphatic carbocycles. The molecule has 2 aromatic rings. The summed E-state index contributed by atoms with van der Waals surface area (Å²) < 4.78 is 1.56. The molecule has 0 aliphatic heterocycles. The van der Waals surface area contributed by atoms with Gasteiger partial charge in [-0.2, -0.15) is 10.4 Å². The third-order valence-electron chi connectivity index (χ3n) is 2.18. The van der Waals surface area contributed by atoms with Gasteiger partial charge >= 0.3 is 0 Å². The summed E-state index contributed by atoms with van der Waals surface area (Å²) in [7, 11) is 0. The highest BCUT2D eigenvalue weighted by Gasteiger charge is 2.07. The van der Waals surface area contributed by atoms with Crippen molar-refractivity contribution in [3.8, 4) is 6.07 Å². The molecule has 0 saturated heterocycles. The van der Waals surface area contributed by atoms with Crippen molar-refractivity contribution in [1.29, 1.82) is 5.26 Å². The van der Waals surface area contributed by atoms with Crippen LogP contribution in [0.25, 0.3) is 0 Å². The number of rotatable bonds is 3. The van der Waals surface area contributed by atoms with Gasteiger partial charge in [0.25, 0.3) is 0 Å². The van der Waals surface area contributed by atoms with E-state index in [1.807, 2.05) is 6.07 Å². The molecular weight excluding hydrogens is 202 g/mol. The first-order valence-electron chi connectivity index (χ1n) is 4.80. The number of aromatic nitrogens is 2. The Morgan fingerprint density at radius 3 is 3.00 bits per heavy atom. The van der Waals surface area contributed by atoms with E-state index < -0.39 is 0 Å². The van der Waals surface area contributed by atoms with E-state index in [9.17, 15) is 4.79 Å². The molecule has 1 heterocycles. The summed E-state index contributed by atoms with van der Waals surface area (Å²) in [5.74, 6) is -0.0548. The third kappa shape index (κ3) is 2.15. The van der Waals surface area contributed by atoms with Gasteiger partial charge in [-0.25, -0.2) is 0 Å². The Labute approximate surface area is 92.7 Å². The molecule has 0 saturated carbocycles. The third-order valence-corrected chi connectivity index (χ3v) is 2.18. The Morgan fingerprint density at radius 2 is 2.31 bits per heavy atom. The number of Topliss-reactive ketones (excluding diaryl/α,β-unsaturated/α-hetero) is 1. The number of hydrogen-bond donors (Lipinski definition) is 0. The highest BCUT2D eigenvalue weighted by molar-refractivity contribution is 5.96. The van der Waals surface area contributed by atoms with E-state index in [-0.39, 0.29) is 12.3 Å². The molecule has 0 radical (unpaired) electrons. The molecule has 0 aliphatic rings. The second-order valence-corrected chi connectivity index (χ2v) is 3.32. The Bertz CT molecular complexity index is 538. The molecule has 0 fully saturated rings. The van der Waals surface area contributed by atoms with E-state index in [2.05, 4.69) is 5.10 Å². The second kappa shape index (κ2) is 4.41. The van der Waals surface area contributed by atoms with Gasteiger partial charge in [0.2, 0.25) is 0 Å². The van der Waals surface area contributed by atoms with Crippen molar-refractivity contribution in [3.05, 3.63) is 53.9 Å². The number of nitrogens with zero attached hydrogens (tertiary/aromatic N) is 3. The Hall–Kier alpha value is -2.41. The number of benzene rings is 1. The normalized spacial score (nSPS) is 9.69. The molecule has 0 amide bonds. The Balaban J connectivity index is 2.18. The zero-order valence-corrected chi connectivity index (χ0v) is 8.50. The van der Waals surface area contributed by atoms with Crippen molar-refractivity contribution in [3.63, 3.8) is 0 Å². The fourth-order valence-electron chi connectivity index (χ4n) is 1.39. The summed E-state index contributed by atoms with van der Waals surface area (Å²) in [4.78, 5) is 11.8. The van der Waals surface area contributed by atoms with Gasteiger partial charge in [-0.15, -0.1) is 0 Å². The minimum absolute atomic E-state index is 0.0548. The second-order valence-electron chi connectivity index (χ2n) is 3.32. The molecule has 1 aromatic heterocycles. The quantitative estimate of drug-likeness (QED) is 0.725. The van der Waals surface area contributed by atoms with Gasteiger partial charge in [-0.3, -0.25) is 9.48 Å². The highest BCUT2D eigenvalue weighted by atomic mass is 16.1. The first-order chi connectivity index (χ1) is 7.79. The highest BCUT2D eigenvalue weighted by Crippen LogP contribution is 2.06. The molecule has 16 heavy (non-hydrogen) atoms. The van der Waals surface area contributed by atoms with E-state index >= 15 is 0 Å². The standard InChI is InChI=1S/C12H9N3O/c13-8-10-3-1-4-11(7-10)12(16)9-15-6-2-5-14-15/h1-7H,9H2. The summed E-state index contributed by atoms with van der Waals surface area (Å²) in [5, 5.41) is 12.7. The predicted molar refractivity (Wildman–Crippen MR) is 57.7 cm³/mol. The van der Waals surface area contributed by atoms with Crippen LogP contribution in [0.15, 0.2) is 42.7 Å². The van der Waals surface area contributed by atoms with Crippen LogP contribution in [0.2, 0.25) is 0 Å². The van der Waals surface area contributed by atoms with Crippen molar-refractivity contribution in [1.82, 2.24) is 9.78 Å². The molecule has 4 nitrogen and oxygen atoms in total. The Kier molecular flexibility index (Phi) is 2.79. The fourth-order valence-corrected chi connectivity index (χ4v) is 1.39.